The molecule has 2 rings (SSSR count). The molecule has 1 heterocycles. The predicted octanol–water partition coefficient (Wildman–Crippen LogP) is 1.50. The number of hydrogen-bond donors (Lipinski definition) is 1. The first-order valence-corrected chi connectivity index (χ1v) is 5.03. The highest BCUT2D eigenvalue weighted by atomic mass is 16.1. The van der Waals surface area contributed by atoms with Crippen LogP contribution in [0.25, 0.3) is 0 Å². The van der Waals surface area contributed by atoms with Gasteiger partial charge in [0.1, 0.15) is 5.78 Å². The molecule has 1 spiro atoms. The van der Waals surface area contributed by atoms with Gasteiger partial charge in [0.25, 0.3) is 0 Å². The molecule has 68 valence electrons. The van der Waals surface area contributed by atoms with Crippen molar-refractivity contribution in [2.45, 2.75) is 38.5 Å². The quantitative estimate of drug-likeness (QED) is 0.592. The molecule has 0 aromatic carbocycles. The van der Waals surface area contributed by atoms with Gasteiger partial charge in [-0.25, -0.2) is 0 Å². The third-order valence-corrected chi connectivity index (χ3v) is 3.43. The van der Waals surface area contributed by atoms with Crippen molar-refractivity contribution in [2.24, 2.45) is 5.41 Å². The second-order valence-corrected chi connectivity index (χ2v) is 4.32. The Labute approximate surface area is 73.7 Å². The van der Waals surface area contributed by atoms with Crippen molar-refractivity contribution >= 4 is 5.78 Å². The van der Waals surface area contributed by atoms with Gasteiger partial charge < -0.3 is 5.32 Å². The van der Waals surface area contributed by atoms with E-state index in [2.05, 4.69) is 5.32 Å². The molecule has 0 radical (unpaired) electrons. The topological polar surface area (TPSA) is 29.1 Å². The molecule has 0 aromatic rings. The molecule has 1 N–H and O–H groups in total. The summed E-state index contributed by atoms with van der Waals surface area (Å²) in [7, 11) is 0. The van der Waals surface area contributed by atoms with E-state index in [1.807, 2.05) is 0 Å². The van der Waals surface area contributed by atoms with Crippen molar-refractivity contribution in [3.8, 4) is 0 Å². The molecule has 0 unspecified atom stereocenters. The maximum Gasteiger partial charge on any atom is 0.132 e. The zero-order valence-electron chi connectivity index (χ0n) is 7.57. The van der Waals surface area contributed by atoms with Gasteiger partial charge in [-0.1, -0.05) is 0 Å². The number of hydrogen-bond acceptors (Lipinski definition) is 2. The average Bonchev–Trinajstić information content (AvgIpc) is 2.13. The fourth-order valence-electron chi connectivity index (χ4n) is 2.52. The molecule has 2 nitrogen and oxygen atoms in total. The summed E-state index contributed by atoms with van der Waals surface area (Å²) in [6.45, 7) is 2.33. The number of rotatable bonds is 0. The first kappa shape index (κ1) is 8.24. The average molecular weight is 167 g/mol. The fourth-order valence-corrected chi connectivity index (χ4v) is 2.52. The van der Waals surface area contributed by atoms with Crippen LogP contribution in [0.4, 0.5) is 0 Å². The number of carbonyl (C=O) groups is 1. The van der Waals surface area contributed by atoms with Crippen LogP contribution >= 0.6 is 0 Å². The number of carbonyl (C=O) groups excluding carboxylic acids is 1. The number of nitrogens with one attached hydrogen (secondary N) is 1. The van der Waals surface area contributed by atoms with Crippen molar-refractivity contribution in [1.82, 2.24) is 5.32 Å². The molecule has 1 aliphatic heterocycles. The summed E-state index contributed by atoms with van der Waals surface area (Å²) in [5, 5.41) is 3.45. The molecule has 12 heavy (non-hydrogen) atoms. The van der Waals surface area contributed by atoms with Crippen LogP contribution in [0.2, 0.25) is 0 Å². The van der Waals surface area contributed by atoms with E-state index in [1.54, 1.807) is 0 Å². The largest absolute Gasteiger partial charge is 0.316 e. The van der Waals surface area contributed by atoms with E-state index in [9.17, 15) is 4.79 Å². The summed E-state index contributed by atoms with van der Waals surface area (Å²) in [6, 6.07) is 0. The van der Waals surface area contributed by atoms with E-state index in [1.165, 1.54) is 19.4 Å². The Morgan fingerprint density at radius 1 is 1.17 bits per heavy atom. The molecule has 1 aliphatic carbocycles. The Balaban J connectivity index is 1.96. The standard InChI is InChI=1S/C10H17NO/c12-9-2-5-10(6-3-9)4-1-7-11-8-10/h11H,1-8H2. The highest BCUT2D eigenvalue weighted by molar-refractivity contribution is 5.79. The number of Topliss-reactive ketones (excluding diaryl/α,β-unsaturated/α-hetero) is 1. The van der Waals surface area contributed by atoms with Gasteiger partial charge in [0.2, 0.25) is 0 Å². The van der Waals surface area contributed by atoms with Crippen LogP contribution in [-0.2, 0) is 4.79 Å². The molecule has 2 fully saturated rings. The van der Waals surface area contributed by atoms with Crippen LogP contribution in [0, 0.1) is 5.41 Å². The molecule has 0 atom stereocenters. The van der Waals surface area contributed by atoms with Gasteiger partial charge in [-0.05, 0) is 37.6 Å². The van der Waals surface area contributed by atoms with Gasteiger partial charge in [-0.3, -0.25) is 4.79 Å². The van der Waals surface area contributed by atoms with Crippen LogP contribution in [-0.4, -0.2) is 18.9 Å². The van der Waals surface area contributed by atoms with E-state index in [0.717, 1.165) is 32.2 Å². The highest BCUT2D eigenvalue weighted by Gasteiger charge is 2.35. The summed E-state index contributed by atoms with van der Waals surface area (Å²) >= 11 is 0. The lowest BCUT2D eigenvalue weighted by atomic mass is 9.69. The third kappa shape index (κ3) is 1.53. The van der Waals surface area contributed by atoms with Crippen molar-refractivity contribution in [2.75, 3.05) is 13.1 Å². The van der Waals surface area contributed by atoms with Gasteiger partial charge in [0, 0.05) is 19.4 Å². The SMILES string of the molecule is O=C1CCC2(CCCNC2)CC1. The van der Waals surface area contributed by atoms with Crippen LogP contribution in [0.15, 0.2) is 0 Å². The van der Waals surface area contributed by atoms with Gasteiger partial charge in [0.15, 0.2) is 0 Å². The molecule has 1 saturated carbocycles. The van der Waals surface area contributed by atoms with E-state index in [4.69, 9.17) is 0 Å². The molecule has 1 saturated heterocycles. The van der Waals surface area contributed by atoms with Crippen molar-refractivity contribution in [3.05, 3.63) is 0 Å². The Bertz CT molecular complexity index is 170. The molecular weight excluding hydrogens is 150 g/mol. The Morgan fingerprint density at radius 3 is 2.50 bits per heavy atom. The summed E-state index contributed by atoms with van der Waals surface area (Å²) in [4.78, 5) is 11.1. The van der Waals surface area contributed by atoms with Crippen molar-refractivity contribution in [1.29, 1.82) is 0 Å². The Kier molecular flexibility index (Phi) is 2.18. The van der Waals surface area contributed by atoms with Crippen molar-refractivity contribution < 1.29 is 4.79 Å². The van der Waals surface area contributed by atoms with Crippen LogP contribution < -0.4 is 5.32 Å². The maximum atomic E-state index is 11.1. The summed E-state index contributed by atoms with van der Waals surface area (Å²) in [6.07, 6.45) is 6.59. The smallest absolute Gasteiger partial charge is 0.132 e. The second-order valence-electron chi connectivity index (χ2n) is 4.32. The highest BCUT2D eigenvalue weighted by Crippen LogP contribution is 2.39. The Hall–Kier alpha value is -0.370. The Morgan fingerprint density at radius 2 is 1.92 bits per heavy atom. The minimum atomic E-state index is 0.478. The predicted molar refractivity (Wildman–Crippen MR) is 48.0 cm³/mol. The molecule has 0 aromatic heterocycles. The normalized spacial score (nSPS) is 29.2. The van der Waals surface area contributed by atoms with Crippen molar-refractivity contribution in [3.63, 3.8) is 0 Å². The van der Waals surface area contributed by atoms with E-state index in [-0.39, 0.29) is 0 Å². The van der Waals surface area contributed by atoms with Gasteiger partial charge in [-0.15, -0.1) is 0 Å². The zero-order valence-corrected chi connectivity index (χ0v) is 7.57. The minimum absolute atomic E-state index is 0.478. The molecular formula is C10H17NO. The summed E-state index contributed by atoms with van der Waals surface area (Å²) in [5.41, 5.74) is 0.506. The number of piperidine rings is 1. The minimum Gasteiger partial charge on any atom is -0.316 e. The van der Waals surface area contributed by atoms with E-state index >= 15 is 0 Å². The monoisotopic (exact) mass is 167 g/mol. The van der Waals surface area contributed by atoms with Gasteiger partial charge in [0.05, 0.1) is 0 Å². The molecule has 2 aliphatic rings. The summed E-state index contributed by atoms with van der Waals surface area (Å²) in [5.74, 6) is 0.478. The fraction of sp³-hybridized carbons (Fsp3) is 0.900. The van der Waals surface area contributed by atoms with Crippen LogP contribution in [0.3, 0.4) is 0 Å². The molecule has 0 amide bonds. The lowest BCUT2D eigenvalue weighted by molar-refractivity contribution is -0.122. The number of ketones is 1. The lowest BCUT2D eigenvalue weighted by Gasteiger charge is -2.40. The first-order chi connectivity index (χ1) is 5.81. The van der Waals surface area contributed by atoms with Crippen LogP contribution in [0.1, 0.15) is 38.5 Å². The third-order valence-electron chi connectivity index (χ3n) is 3.43. The summed E-state index contributed by atoms with van der Waals surface area (Å²) < 4.78 is 0. The van der Waals surface area contributed by atoms with Crippen LogP contribution in [0.5, 0.6) is 0 Å². The first-order valence-electron chi connectivity index (χ1n) is 5.03. The van der Waals surface area contributed by atoms with Gasteiger partial charge in [-0.2, -0.15) is 0 Å². The lowest BCUT2D eigenvalue weighted by Crippen LogP contribution is -2.42. The van der Waals surface area contributed by atoms with E-state index < -0.39 is 0 Å². The van der Waals surface area contributed by atoms with Gasteiger partial charge >= 0.3 is 0 Å². The maximum absolute atomic E-state index is 11.1. The second kappa shape index (κ2) is 3.17. The molecule has 2 heteroatoms. The zero-order chi connectivity index (χ0) is 8.44. The molecule has 0 bridgehead atoms. The van der Waals surface area contributed by atoms with E-state index in [0.29, 0.717) is 11.2 Å².